The van der Waals surface area contributed by atoms with Gasteiger partial charge in [0, 0.05) is 18.1 Å². The topological polar surface area (TPSA) is 75.7 Å². The van der Waals surface area contributed by atoms with Crippen LogP contribution in [0, 0.1) is 0 Å². The van der Waals surface area contributed by atoms with E-state index in [2.05, 4.69) is 5.32 Å². The number of carbonyl (C=O) groups excluding carboxylic acids is 1. The van der Waals surface area contributed by atoms with Gasteiger partial charge < -0.3 is 10.1 Å². The average Bonchev–Trinajstić information content (AvgIpc) is 2.62. The van der Waals surface area contributed by atoms with Crippen molar-refractivity contribution < 1.29 is 17.9 Å². The number of piperazine rings is 1. The zero-order valence-corrected chi connectivity index (χ0v) is 15.0. The van der Waals surface area contributed by atoms with Crippen LogP contribution < -0.4 is 10.1 Å². The second-order valence-electron chi connectivity index (χ2n) is 5.51. The van der Waals surface area contributed by atoms with Crippen molar-refractivity contribution in [1.29, 1.82) is 0 Å². The van der Waals surface area contributed by atoms with Crippen LogP contribution in [0.4, 0.5) is 0 Å². The fourth-order valence-electron chi connectivity index (χ4n) is 2.78. The summed E-state index contributed by atoms with van der Waals surface area (Å²) in [6.45, 7) is 0.408. The maximum atomic E-state index is 13.1. The molecule has 3 rings (SSSR count). The lowest BCUT2D eigenvalue weighted by Gasteiger charge is -2.34. The maximum Gasteiger partial charge on any atom is 0.244 e. The van der Waals surface area contributed by atoms with Crippen LogP contribution in [0.1, 0.15) is 11.6 Å². The van der Waals surface area contributed by atoms with Crippen LogP contribution in [0.25, 0.3) is 0 Å². The van der Waals surface area contributed by atoms with Gasteiger partial charge in [-0.3, -0.25) is 4.79 Å². The average molecular weight is 381 g/mol. The highest BCUT2D eigenvalue weighted by atomic mass is 35.5. The molecular weight excluding hydrogens is 364 g/mol. The lowest BCUT2D eigenvalue weighted by atomic mass is 10.0. The molecule has 1 atom stereocenters. The van der Waals surface area contributed by atoms with Gasteiger partial charge in [-0.2, -0.15) is 4.31 Å². The molecule has 8 heteroatoms. The summed E-state index contributed by atoms with van der Waals surface area (Å²) in [4.78, 5) is 12.5. The number of nitrogens with zero attached hydrogens (tertiary/aromatic N) is 1. The Morgan fingerprint density at radius 1 is 1.16 bits per heavy atom. The summed E-state index contributed by atoms with van der Waals surface area (Å²) < 4.78 is 32.4. The Bertz CT molecular complexity index is 884. The number of nitrogens with one attached hydrogen (secondary N) is 1. The Balaban J connectivity index is 2.05. The monoisotopic (exact) mass is 380 g/mol. The highest BCUT2D eigenvalue weighted by molar-refractivity contribution is 7.89. The van der Waals surface area contributed by atoms with Crippen LogP contribution in [0.2, 0.25) is 5.02 Å². The second kappa shape index (κ2) is 7.03. The Kier molecular flexibility index (Phi) is 4.99. The standard InChI is InChI=1S/C17H17ClN2O4S/c1-24-12-6-8-13(9-7-12)25(22,23)20-11-10-19-17(21)16(20)14-4-2-3-5-15(14)18/h2-9,16H,10-11H2,1H3,(H,19,21). The minimum absolute atomic E-state index is 0.0973. The minimum Gasteiger partial charge on any atom is -0.497 e. The third kappa shape index (κ3) is 3.35. The number of rotatable bonds is 4. The van der Waals surface area contributed by atoms with Crippen molar-refractivity contribution in [3.63, 3.8) is 0 Å². The molecule has 0 radical (unpaired) electrons. The van der Waals surface area contributed by atoms with Gasteiger partial charge in [0.05, 0.1) is 12.0 Å². The van der Waals surface area contributed by atoms with Crippen LogP contribution in [-0.2, 0) is 14.8 Å². The summed E-state index contributed by atoms with van der Waals surface area (Å²) in [6, 6.07) is 11.8. The summed E-state index contributed by atoms with van der Waals surface area (Å²) in [6.07, 6.45) is 0. The summed E-state index contributed by atoms with van der Waals surface area (Å²) in [7, 11) is -2.37. The first-order chi connectivity index (χ1) is 11.9. The van der Waals surface area contributed by atoms with Gasteiger partial charge in [-0.25, -0.2) is 8.42 Å². The highest BCUT2D eigenvalue weighted by Crippen LogP contribution is 2.33. The maximum absolute atomic E-state index is 13.1. The van der Waals surface area contributed by atoms with E-state index in [0.717, 1.165) is 0 Å². The zero-order valence-electron chi connectivity index (χ0n) is 13.5. The molecule has 6 nitrogen and oxygen atoms in total. The molecule has 0 saturated carbocycles. The molecule has 25 heavy (non-hydrogen) atoms. The molecule has 132 valence electrons. The van der Waals surface area contributed by atoms with E-state index in [0.29, 0.717) is 16.3 Å². The van der Waals surface area contributed by atoms with Crippen molar-refractivity contribution in [2.45, 2.75) is 10.9 Å². The third-order valence-corrected chi connectivity index (χ3v) is 6.26. The lowest BCUT2D eigenvalue weighted by molar-refractivity contribution is -0.126. The molecule has 1 fully saturated rings. The first-order valence-corrected chi connectivity index (χ1v) is 9.45. The fourth-order valence-corrected chi connectivity index (χ4v) is 4.59. The smallest absolute Gasteiger partial charge is 0.244 e. The molecule has 0 bridgehead atoms. The molecule has 1 saturated heterocycles. The molecule has 2 aromatic rings. The normalized spacial score (nSPS) is 18.6. The van der Waals surface area contributed by atoms with Crippen LogP contribution in [0.3, 0.4) is 0 Å². The van der Waals surface area contributed by atoms with E-state index in [4.69, 9.17) is 16.3 Å². The molecule has 1 unspecified atom stereocenters. The van der Waals surface area contributed by atoms with Gasteiger partial charge in [-0.1, -0.05) is 29.8 Å². The molecule has 1 amide bonds. The number of halogens is 1. The molecule has 1 aliphatic rings. The largest absolute Gasteiger partial charge is 0.497 e. The van der Waals surface area contributed by atoms with Crippen molar-refractivity contribution in [3.8, 4) is 5.75 Å². The van der Waals surface area contributed by atoms with E-state index in [1.165, 1.54) is 23.5 Å². The third-order valence-electron chi connectivity index (χ3n) is 4.03. The van der Waals surface area contributed by atoms with E-state index < -0.39 is 22.0 Å². The number of ether oxygens (including phenoxy) is 1. The van der Waals surface area contributed by atoms with Crippen molar-refractivity contribution in [1.82, 2.24) is 9.62 Å². The fraction of sp³-hybridized carbons (Fsp3) is 0.235. The molecular formula is C17H17ClN2O4S. The number of methoxy groups -OCH3 is 1. The summed E-state index contributed by atoms with van der Waals surface area (Å²) in [5.41, 5.74) is 0.457. The van der Waals surface area contributed by atoms with Gasteiger partial charge in [-0.15, -0.1) is 0 Å². The van der Waals surface area contributed by atoms with Gasteiger partial charge in [0.1, 0.15) is 11.8 Å². The van der Waals surface area contributed by atoms with Crippen LogP contribution in [-0.4, -0.2) is 38.8 Å². The van der Waals surface area contributed by atoms with Gasteiger partial charge in [0.15, 0.2) is 0 Å². The van der Waals surface area contributed by atoms with Crippen LogP contribution >= 0.6 is 11.6 Å². The minimum atomic E-state index is -3.88. The number of benzene rings is 2. The lowest BCUT2D eigenvalue weighted by Crippen LogP contribution is -2.52. The first kappa shape index (κ1) is 17.7. The molecule has 0 aliphatic carbocycles. The van der Waals surface area contributed by atoms with E-state index >= 15 is 0 Å². The number of hydrogen-bond acceptors (Lipinski definition) is 4. The van der Waals surface area contributed by atoms with Gasteiger partial charge in [0.25, 0.3) is 0 Å². The second-order valence-corrected chi connectivity index (χ2v) is 7.80. The number of amides is 1. The molecule has 0 aromatic heterocycles. The van der Waals surface area contributed by atoms with Crippen LogP contribution in [0.15, 0.2) is 53.4 Å². The molecule has 2 aromatic carbocycles. The first-order valence-electron chi connectivity index (χ1n) is 7.63. The number of carbonyl (C=O) groups is 1. The summed E-state index contributed by atoms with van der Waals surface area (Å²) >= 11 is 6.21. The van der Waals surface area contributed by atoms with E-state index in [9.17, 15) is 13.2 Å². The van der Waals surface area contributed by atoms with Crippen LogP contribution in [0.5, 0.6) is 5.75 Å². The van der Waals surface area contributed by atoms with E-state index in [-0.39, 0.29) is 18.0 Å². The highest BCUT2D eigenvalue weighted by Gasteiger charge is 2.40. The van der Waals surface area contributed by atoms with Gasteiger partial charge in [0.2, 0.25) is 15.9 Å². The zero-order chi connectivity index (χ0) is 18.0. The Morgan fingerprint density at radius 3 is 2.48 bits per heavy atom. The van der Waals surface area contributed by atoms with Crippen molar-refractivity contribution in [2.75, 3.05) is 20.2 Å². The van der Waals surface area contributed by atoms with E-state index in [1.807, 2.05) is 0 Å². The van der Waals surface area contributed by atoms with Crippen molar-refractivity contribution in [2.24, 2.45) is 0 Å². The van der Waals surface area contributed by atoms with Gasteiger partial charge >= 0.3 is 0 Å². The Labute approximate surface area is 151 Å². The van der Waals surface area contributed by atoms with Crippen molar-refractivity contribution >= 4 is 27.5 Å². The molecule has 1 N–H and O–H groups in total. The number of sulfonamides is 1. The summed E-state index contributed by atoms with van der Waals surface area (Å²) in [5, 5.41) is 3.05. The van der Waals surface area contributed by atoms with Gasteiger partial charge in [-0.05, 0) is 35.9 Å². The van der Waals surface area contributed by atoms with E-state index in [1.54, 1.807) is 36.4 Å². The SMILES string of the molecule is COc1ccc(S(=O)(=O)N2CCNC(=O)C2c2ccccc2Cl)cc1. The Hall–Kier alpha value is -2.09. The summed E-state index contributed by atoms with van der Waals surface area (Å²) in [5.74, 6) is 0.162. The van der Waals surface area contributed by atoms with Crippen molar-refractivity contribution in [3.05, 3.63) is 59.1 Å². The number of hydrogen-bond donors (Lipinski definition) is 1. The molecule has 1 aliphatic heterocycles. The predicted octanol–water partition coefficient (Wildman–Crippen LogP) is 2.21. The quantitative estimate of drug-likeness (QED) is 0.882. The Morgan fingerprint density at radius 2 is 1.84 bits per heavy atom. The molecule has 0 spiro atoms. The molecule has 1 heterocycles. The predicted molar refractivity (Wildman–Crippen MR) is 94.1 cm³/mol.